The predicted molar refractivity (Wildman–Crippen MR) is 81.6 cm³/mol. The van der Waals surface area contributed by atoms with E-state index in [2.05, 4.69) is 27.8 Å². The first-order valence-corrected chi connectivity index (χ1v) is 7.24. The van der Waals surface area contributed by atoms with Gasteiger partial charge in [-0.1, -0.05) is 30.3 Å². The summed E-state index contributed by atoms with van der Waals surface area (Å²) in [5.74, 6) is 1.86. The van der Waals surface area contributed by atoms with Gasteiger partial charge in [-0.05, 0) is 36.6 Å². The fourth-order valence-corrected chi connectivity index (χ4v) is 3.07. The molecule has 3 heteroatoms. The molecule has 0 spiro atoms. The van der Waals surface area contributed by atoms with Crippen molar-refractivity contribution in [3.63, 3.8) is 0 Å². The fourth-order valence-electron chi connectivity index (χ4n) is 3.07. The molecule has 1 aliphatic rings. The summed E-state index contributed by atoms with van der Waals surface area (Å²) in [5.41, 5.74) is 2.67. The number of imidazole rings is 1. The first kappa shape index (κ1) is 12.2. The van der Waals surface area contributed by atoms with Gasteiger partial charge < -0.3 is 9.30 Å². The van der Waals surface area contributed by atoms with Crippen molar-refractivity contribution in [2.45, 2.75) is 18.9 Å². The van der Waals surface area contributed by atoms with E-state index >= 15 is 0 Å². The Kier molecular flexibility index (Phi) is 2.96. The lowest BCUT2D eigenvalue weighted by molar-refractivity contribution is 0.477. The van der Waals surface area contributed by atoms with Gasteiger partial charge in [0.25, 0.3) is 0 Å². The van der Waals surface area contributed by atoms with E-state index in [1.807, 2.05) is 49.1 Å². The highest BCUT2D eigenvalue weighted by Crippen LogP contribution is 2.40. The lowest BCUT2D eigenvalue weighted by atomic mass is 10.1. The van der Waals surface area contributed by atoms with Gasteiger partial charge >= 0.3 is 0 Å². The van der Waals surface area contributed by atoms with Crippen molar-refractivity contribution in [3.05, 3.63) is 78.4 Å². The van der Waals surface area contributed by atoms with E-state index < -0.39 is 0 Å². The Bertz CT molecular complexity index is 735. The van der Waals surface area contributed by atoms with Crippen molar-refractivity contribution in [2.24, 2.45) is 0 Å². The Balaban J connectivity index is 1.69. The van der Waals surface area contributed by atoms with Crippen LogP contribution in [0.3, 0.4) is 0 Å². The molecule has 1 unspecified atom stereocenters. The van der Waals surface area contributed by atoms with Crippen LogP contribution in [0.1, 0.15) is 23.6 Å². The minimum atomic E-state index is 0.377. The Morgan fingerprint density at radius 1 is 1.05 bits per heavy atom. The molecule has 3 nitrogen and oxygen atoms in total. The monoisotopic (exact) mass is 276 g/mol. The lowest BCUT2D eigenvalue weighted by Gasteiger charge is -2.14. The second-order valence-electron chi connectivity index (χ2n) is 5.30. The van der Waals surface area contributed by atoms with E-state index in [9.17, 15) is 0 Å². The molecule has 0 bridgehead atoms. The van der Waals surface area contributed by atoms with Crippen LogP contribution >= 0.6 is 0 Å². The number of ether oxygens (including phenoxy) is 1. The molecule has 21 heavy (non-hydrogen) atoms. The first-order valence-electron chi connectivity index (χ1n) is 7.24. The summed E-state index contributed by atoms with van der Waals surface area (Å²) < 4.78 is 8.24. The molecular formula is C18H16N2O. The van der Waals surface area contributed by atoms with E-state index in [4.69, 9.17) is 4.74 Å². The Labute approximate surface area is 123 Å². The van der Waals surface area contributed by atoms with Crippen LogP contribution in [0.4, 0.5) is 0 Å². The first-order chi connectivity index (χ1) is 10.4. The maximum Gasteiger partial charge on any atom is 0.130 e. The quantitative estimate of drug-likeness (QED) is 0.716. The lowest BCUT2D eigenvalue weighted by Crippen LogP contribution is -2.04. The molecule has 0 N–H and O–H groups in total. The van der Waals surface area contributed by atoms with Crippen LogP contribution in [-0.2, 0) is 6.42 Å². The molecule has 1 heterocycles. The normalized spacial score (nSPS) is 16.7. The topological polar surface area (TPSA) is 27.1 Å². The number of aromatic nitrogens is 2. The summed E-state index contributed by atoms with van der Waals surface area (Å²) in [6.07, 6.45) is 7.90. The molecule has 0 amide bonds. The molecule has 0 fully saturated rings. The summed E-state index contributed by atoms with van der Waals surface area (Å²) in [4.78, 5) is 4.16. The van der Waals surface area contributed by atoms with Crippen molar-refractivity contribution < 1.29 is 4.74 Å². The van der Waals surface area contributed by atoms with Crippen LogP contribution in [0.15, 0.2) is 67.3 Å². The molecule has 4 rings (SSSR count). The summed E-state index contributed by atoms with van der Waals surface area (Å²) >= 11 is 0. The average Bonchev–Trinajstić information content (AvgIpc) is 3.17. The molecule has 0 aliphatic heterocycles. The van der Waals surface area contributed by atoms with Gasteiger partial charge in [-0.15, -0.1) is 0 Å². The Morgan fingerprint density at radius 2 is 1.95 bits per heavy atom. The van der Waals surface area contributed by atoms with Crippen molar-refractivity contribution >= 4 is 0 Å². The number of fused-ring (bicyclic) bond motifs is 1. The third-order valence-electron chi connectivity index (χ3n) is 4.05. The number of hydrogen-bond donors (Lipinski definition) is 0. The third-order valence-corrected chi connectivity index (χ3v) is 4.05. The highest BCUT2D eigenvalue weighted by molar-refractivity contribution is 5.47. The zero-order valence-electron chi connectivity index (χ0n) is 11.6. The second kappa shape index (κ2) is 5.09. The maximum atomic E-state index is 6.06. The van der Waals surface area contributed by atoms with Gasteiger partial charge in [-0.2, -0.15) is 0 Å². The molecule has 2 aromatic carbocycles. The fraction of sp³-hybridized carbons (Fsp3) is 0.167. The van der Waals surface area contributed by atoms with Crippen LogP contribution in [0.5, 0.6) is 11.5 Å². The van der Waals surface area contributed by atoms with Gasteiger partial charge in [-0.3, -0.25) is 0 Å². The van der Waals surface area contributed by atoms with Gasteiger partial charge in [0.2, 0.25) is 0 Å². The van der Waals surface area contributed by atoms with Gasteiger partial charge in [0.1, 0.15) is 11.5 Å². The van der Waals surface area contributed by atoms with Crippen LogP contribution < -0.4 is 4.74 Å². The third kappa shape index (κ3) is 2.21. The van der Waals surface area contributed by atoms with Crippen molar-refractivity contribution in [2.75, 3.05) is 0 Å². The van der Waals surface area contributed by atoms with Crippen LogP contribution in [-0.4, -0.2) is 9.55 Å². The molecule has 3 aromatic rings. The molecule has 1 atom stereocenters. The molecular weight excluding hydrogens is 260 g/mol. The number of hydrogen-bond acceptors (Lipinski definition) is 2. The average molecular weight is 276 g/mol. The minimum Gasteiger partial charge on any atom is -0.457 e. The zero-order valence-corrected chi connectivity index (χ0v) is 11.6. The molecule has 1 aromatic heterocycles. The van der Waals surface area contributed by atoms with Crippen molar-refractivity contribution in [1.29, 1.82) is 0 Å². The SMILES string of the molecule is c1ccc(Oc2cccc3c2CCC3n2ccnc2)cc1. The molecule has 0 radical (unpaired) electrons. The maximum absolute atomic E-state index is 6.06. The summed E-state index contributed by atoms with van der Waals surface area (Å²) in [6.45, 7) is 0. The van der Waals surface area contributed by atoms with Crippen LogP contribution in [0.2, 0.25) is 0 Å². The summed E-state index contributed by atoms with van der Waals surface area (Å²) in [5, 5.41) is 0. The molecule has 0 saturated heterocycles. The summed E-state index contributed by atoms with van der Waals surface area (Å²) in [7, 11) is 0. The van der Waals surface area contributed by atoms with E-state index in [1.54, 1.807) is 0 Å². The summed E-state index contributed by atoms with van der Waals surface area (Å²) in [6, 6.07) is 16.7. The van der Waals surface area contributed by atoms with Gasteiger partial charge in [0.15, 0.2) is 0 Å². The second-order valence-corrected chi connectivity index (χ2v) is 5.30. The number of benzene rings is 2. The minimum absolute atomic E-state index is 0.377. The van der Waals surface area contributed by atoms with Crippen molar-refractivity contribution in [1.82, 2.24) is 9.55 Å². The van der Waals surface area contributed by atoms with Gasteiger partial charge in [0, 0.05) is 18.0 Å². The smallest absolute Gasteiger partial charge is 0.130 e. The highest BCUT2D eigenvalue weighted by atomic mass is 16.5. The molecule has 0 saturated carbocycles. The van der Waals surface area contributed by atoms with Crippen LogP contribution in [0.25, 0.3) is 0 Å². The van der Waals surface area contributed by atoms with Gasteiger partial charge in [-0.25, -0.2) is 4.98 Å². The van der Waals surface area contributed by atoms with Gasteiger partial charge in [0.05, 0.1) is 12.4 Å². The number of nitrogens with zero attached hydrogens (tertiary/aromatic N) is 2. The van der Waals surface area contributed by atoms with E-state index in [0.717, 1.165) is 24.3 Å². The standard InChI is InChI=1S/C18H16N2O/c1-2-5-14(6-3-1)21-18-8-4-7-15-16(18)9-10-17(15)20-12-11-19-13-20/h1-8,11-13,17H,9-10H2. The van der Waals surface area contributed by atoms with E-state index in [0.29, 0.717) is 6.04 Å². The Hall–Kier alpha value is -2.55. The Morgan fingerprint density at radius 3 is 2.76 bits per heavy atom. The molecule has 1 aliphatic carbocycles. The van der Waals surface area contributed by atoms with E-state index in [-0.39, 0.29) is 0 Å². The highest BCUT2D eigenvalue weighted by Gasteiger charge is 2.26. The molecule has 104 valence electrons. The zero-order chi connectivity index (χ0) is 14.1. The number of rotatable bonds is 3. The largest absolute Gasteiger partial charge is 0.457 e. The number of para-hydroxylation sites is 1. The van der Waals surface area contributed by atoms with Crippen molar-refractivity contribution in [3.8, 4) is 11.5 Å². The van der Waals surface area contributed by atoms with Crippen LogP contribution in [0, 0.1) is 0 Å². The van der Waals surface area contributed by atoms with E-state index in [1.165, 1.54) is 11.1 Å². The predicted octanol–water partition coefficient (Wildman–Crippen LogP) is 4.21.